The quantitative estimate of drug-likeness (QED) is 0.839. The van der Waals surface area contributed by atoms with E-state index in [1.165, 1.54) is 0 Å². The number of rotatable bonds is 5. The highest BCUT2D eigenvalue weighted by molar-refractivity contribution is 5.72. The second-order valence-electron chi connectivity index (χ2n) is 5.19. The summed E-state index contributed by atoms with van der Waals surface area (Å²) in [5.41, 5.74) is 1.04. The Morgan fingerprint density at radius 3 is 3.00 bits per heavy atom. The van der Waals surface area contributed by atoms with Crippen LogP contribution in [0.5, 0.6) is 5.75 Å². The number of nitrogens with one attached hydrogen (secondary N) is 1. The molecule has 0 radical (unpaired) electrons. The van der Waals surface area contributed by atoms with Crippen LogP contribution in [0.25, 0.3) is 0 Å². The minimum atomic E-state index is -0.0513. The molecule has 4 heteroatoms. The number of anilines is 1. The number of esters is 1. The lowest BCUT2D eigenvalue weighted by Crippen LogP contribution is -2.32. The van der Waals surface area contributed by atoms with Gasteiger partial charge in [0.15, 0.2) is 0 Å². The van der Waals surface area contributed by atoms with Crippen molar-refractivity contribution in [3.05, 3.63) is 24.3 Å². The summed E-state index contributed by atoms with van der Waals surface area (Å²) in [5, 5.41) is 3.49. The van der Waals surface area contributed by atoms with E-state index in [1.807, 2.05) is 31.2 Å². The third kappa shape index (κ3) is 3.89. The maximum atomic E-state index is 11.8. The number of ether oxygens (including phenoxy) is 2. The first-order valence-corrected chi connectivity index (χ1v) is 7.30. The number of carbonyl (C=O) groups excluding carboxylic acids is 1. The van der Waals surface area contributed by atoms with Crippen LogP contribution in [0.1, 0.15) is 32.6 Å². The van der Waals surface area contributed by atoms with Gasteiger partial charge in [-0.2, -0.15) is 0 Å². The lowest BCUT2D eigenvalue weighted by Gasteiger charge is -2.29. The molecule has 0 spiro atoms. The monoisotopic (exact) mass is 277 g/mol. The summed E-state index contributed by atoms with van der Waals surface area (Å²) in [4.78, 5) is 11.8. The number of carbonyl (C=O) groups is 1. The highest BCUT2D eigenvalue weighted by Gasteiger charge is 2.28. The fourth-order valence-corrected chi connectivity index (χ4v) is 2.74. The summed E-state index contributed by atoms with van der Waals surface area (Å²) in [5.74, 6) is 0.823. The van der Waals surface area contributed by atoms with Gasteiger partial charge in [0.1, 0.15) is 5.75 Å². The van der Waals surface area contributed by atoms with E-state index in [2.05, 4.69) is 5.32 Å². The van der Waals surface area contributed by atoms with Gasteiger partial charge in [0.2, 0.25) is 0 Å². The van der Waals surface area contributed by atoms with Gasteiger partial charge < -0.3 is 14.8 Å². The van der Waals surface area contributed by atoms with Gasteiger partial charge in [0.05, 0.1) is 19.6 Å². The van der Waals surface area contributed by atoms with Crippen molar-refractivity contribution in [3.63, 3.8) is 0 Å². The van der Waals surface area contributed by atoms with Crippen LogP contribution in [0.3, 0.4) is 0 Å². The SMILES string of the molecule is CCOC(=O)C1CCCC(Nc2cccc(OC)c2)C1. The van der Waals surface area contributed by atoms with Gasteiger partial charge in [-0.25, -0.2) is 0 Å². The Morgan fingerprint density at radius 2 is 2.25 bits per heavy atom. The summed E-state index contributed by atoms with van der Waals surface area (Å²) in [6.07, 6.45) is 3.93. The van der Waals surface area contributed by atoms with Crippen molar-refractivity contribution in [3.8, 4) is 5.75 Å². The van der Waals surface area contributed by atoms with Crippen molar-refractivity contribution >= 4 is 11.7 Å². The Labute approximate surface area is 120 Å². The molecular formula is C16H23NO3. The zero-order chi connectivity index (χ0) is 14.4. The van der Waals surface area contributed by atoms with Crippen molar-refractivity contribution in [2.45, 2.75) is 38.6 Å². The summed E-state index contributed by atoms with van der Waals surface area (Å²) >= 11 is 0. The summed E-state index contributed by atoms with van der Waals surface area (Å²) in [7, 11) is 1.66. The third-order valence-corrected chi connectivity index (χ3v) is 3.73. The van der Waals surface area contributed by atoms with Gasteiger partial charge in [0.25, 0.3) is 0 Å². The molecule has 1 fully saturated rings. The van der Waals surface area contributed by atoms with Crippen LogP contribution in [0, 0.1) is 5.92 Å². The Morgan fingerprint density at radius 1 is 1.40 bits per heavy atom. The van der Waals surface area contributed by atoms with Crippen molar-refractivity contribution in [1.82, 2.24) is 0 Å². The van der Waals surface area contributed by atoms with Crippen LogP contribution >= 0.6 is 0 Å². The Balaban J connectivity index is 1.93. The molecule has 1 N–H and O–H groups in total. The largest absolute Gasteiger partial charge is 0.497 e. The molecule has 1 aromatic carbocycles. The topological polar surface area (TPSA) is 47.6 Å². The van der Waals surface area contributed by atoms with E-state index in [0.717, 1.165) is 37.1 Å². The standard InChI is InChI=1S/C16H23NO3/c1-3-20-16(18)12-6-4-7-13(10-12)17-14-8-5-9-15(11-14)19-2/h5,8-9,11-13,17H,3-4,6-7,10H2,1-2H3. The van der Waals surface area contributed by atoms with Gasteiger partial charge in [-0.3, -0.25) is 4.79 Å². The highest BCUT2D eigenvalue weighted by atomic mass is 16.5. The first-order chi connectivity index (χ1) is 9.72. The second-order valence-corrected chi connectivity index (χ2v) is 5.19. The van der Waals surface area contributed by atoms with E-state index in [0.29, 0.717) is 12.6 Å². The molecule has 2 rings (SSSR count). The Hall–Kier alpha value is -1.71. The first-order valence-electron chi connectivity index (χ1n) is 7.30. The molecule has 0 saturated heterocycles. The van der Waals surface area contributed by atoms with E-state index < -0.39 is 0 Å². The summed E-state index contributed by atoms with van der Waals surface area (Å²) in [6, 6.07) is 8.22. The average Bonchev–Trinajstić information content (AvgIpc) is 2.48. The summed E-state index contributed by atoms with van der Waals surface area (Å²) < 4.78 is 10.4. The van der Waals surface area contributed by atoms with Crippen LogP contribution in [-0.2, 0) is 9.53 Å². The molecule has 0 heterocycles. The maximum absolute atomic E-state index is 11.8. The van der Waals surface area contributed by atoms with E-state index in [-0.39, 0.29) is 11.9 Å². The van der Waals surface area contributed by atoms with E-state index in [4.69, 9.17) is 9.47 Å². The maximum Gasteiger partial charge on any atom is 0.308 e. The minimum Gasteiger partial charge on any atom is -0.497 e. The molecule has 4 nitrogen and oxygen atoms in total. The first kappa shape index (κ1) is 14.7. The molecule has 110 valence electrons. The molecule has 1 saturated carbocycles. The lowest BCUT2D eigenvalue weighted by atomic mass is 9.85. The zero-order valence-corrected chi connectivity index (χ0v) is 12.2. The fraction of sp³-hybridized carbons (Fsp3) is 0.562. The van der Waals surface area contributed by atoms with Crippen LogP contribution in [0.4, 0.5) is 5.69 Å². The third-order valence-electron chi connectivity index (χ3n) is 3.73. The minimum absolute atomic E-state index is 0.0341. The molecule has 2 unspecified atom stereocenters. The van der Waals surface area contributed by atoms with E-state index in [1.54, 1.807) is 7.11 Å². The molecular weight excluding hydrogens is 254 g/mol. The number of hydrogen-bond donors (Lipinski definition) is 1. The molecule has 0 amide bonds. The van der Waals surface area contributed by atoms with E-state index in [9.17, 15) is 4.79 Å². The predicted molar refractivity (Wildman–Crippen MR) is 79.0 cm³/mol. The molecule has 0 aromatic heterocycles. The van der Waals surface area contributed by atoms with Gasteiger partial charge in [-0.1, -0.05) is 12.5 Å². The van der Waals surface area contributed by atoms with Gasteiger partial charge in [0, 0.05) is 17.8 Å². The zero-order valence-electron chi connectivity index (χ0n) is 12.2. The molecule has 1 aromatic rings. The fourth-order valence-electron chi connectivity index (χ4n) is 2.74. The van der Waals surface area contributed by atoms with E-state index >= 15 is 0 Å². The van der Waals surface area contributed by atoms with Gasteiger partial charge >= 0.3 is 5.97 Å². The van der Waals surface area contributed by atoms with Crippen LogP contribution in [0.15, 0.2) is 24.3 Å². The highest BCUT2D eigenvalue weighted by Crippen LogP contribution is 2.28. The van der Waals surface area contributed by atoms with Crippen molar-refractivity contribution < 1.29 is 14.3 Å². The van der Waals surface area contributed by atoms with Crippen molar-refractivity contribution in [2.24, 2.45) is 5.92 Å². The molecule has 1 aliphatic rings. The van der Waals surface area contributed by atoms with Crippen molar-refractivity contribution in [1.29, 1.82) is 0 Å². The number of methoxy groups -OCH3 is 1. The van der Waals surface area contributed by atoms with Crippen molar-refractivity contribution in [2.75, 3.05) is 19.0 Å². The van der Waals surface area contributed by atoms with Gasteiger partial charge in [-0.15, -0.1) is 0 Å². The van der Waals surface area contributed by atoms with Crippen LogP contribution < -0.4 is 10.1 Å². The molecule has 20 heavy (non-hydrogen) atoms. The number of hydrogen-bond acceptors (Lipinski definition) is 4. The molecule has 2 atom stereocenters. The average molecular weight is 277 g/mol. The Kier molecular flexibility index (Phi) is 5.27. The number of benzene rings is 1. The normalized spacial score (nSPS) is 22.1. The molecule has 1 aliphatic carbocycles. The predicted octanol–water partition coefficient (Wildman–Crippen LogP) is 3.23. The molecule has 0 bridgehead atoms. The van der Waals surface area contributed by atoms with Crippen LogP contribution in [0.2, 0.25) is 0 Å². The smallest absolute Gasteiger partial charge is 0.308 e. The lowest BCUT2D eigenvalue weighted by molar-refractivity contribution is -0.149. The summed E-state index contributed by atoms with van der Waals surface area (Å²) in [6.45, 7) is 2.32. The Bertz CT molecular complexity index is 447. The van der Waals surface area contributed by atoms with Gasteiger partial charge in [-0.05, 0) is 38.3 Å². The molecule has 0 aliphatic heterocycles. The second kappa shape index (κ2) is 7.17. The van der Waals surface area contributed by atoms with Crippen LogP contribution in [-0.4, -0.2) is 25.7 Å².